The van der Waals surface area contributed by atoms with Gasteiger partial charge in [0, 0.05) is 28.4 Å². The predicted octanol–water partition coefficient (Wildman–Crippen LogP) is 6.30. The van der Waals surface area contributed by atoms with Crippen LogP contribution in [0.1, 0.15) is 63.4 Å². The number of ether oxygens (including phenoxy) is 1. The number of halogens is 1. The second-order valence-electron chi connectivity index (χ2n) is 9.84. The van der Waals surface area contributed by atoms with Crippen LogP contribution in [0.4, 0.5) is 5.69 Å². The van der Waals surface area contributed by atoms with E-state index in [1.54, 1.807) is 55.6 Å². The largest absolute Gasteiger partial charge is 0.497 e. The van der Waals surface area contributed by atoms with E-state index in [2.05, 4.69) is 40.7 Å². The van der Waals surface area contributed by atoms with Crippen molar-refractivity contribution < 1.29 is 14.3 Å². The summed E-state index contributed by atoms with van der Waals surface area (Å²) < 4.78 is 5.34. The molecule has 4 rings (SSSR count). The lowest BCUT2D eigenvalue weighted by molar-refractivity contribution is 0.0951. The van der Waals surface area contributed by atoms with Crippen LogP contribution in [0.3, 0.4) is 0 Å². The van der Waals surface area contributed by atoms with Crippen LogP contribution in [0, 0.1) is 6.92 Å². The minimum absolute atomic E-state index is 0.101. The topological polar surface area (TPSA) is 70.7 Å². The van der Waals surface area contributed by atoms with Crippen molar-refractivity contribution in [2.24, 2.45) is 0 Å². The summed E-state index contributed by atoms with van der Waals surface area (Å²) in [7, 11) is 1.71. The Morgan fingerprint density at radius 1 is 0.921 bits per heavy atom. The second-order valence-corrected chi connectivity index (χ2v) is 10.3. The molecular formula is C31H36ClN3O3. The molecule has 2 N–H and O–H groups in total. The van der Waals surface area contributed by atoms with E-state index < -0.39 is 0 Å². The van der Waals surface area contributed by atoms with E-state index in [0.717, 1.165) is 38.2 Å². The molecule has 1 heterocycles. The van der Waals surface area contributed by atoms with Gasteiger partial charge in [0.05, 0.1) is 7.11 Å². The monoisotopic (exact) mass is 533 g/mol. The van der Waals surface area contributed by atoms with Gasteiger partial charge in [-0.25, -0.2) is 0 Å². The summed E-state index contributed by atoms with van der Waals surface area (Å²) in [6.07, 6.45) is 4.36. The standard InChI is InChI=1S/C31H36ClN3O3/c1-22-21-28(38-2)13-14-29(22)23-15-19-35(20-16-23)18-4-3-17-33-30(36)24-7-11-27(12-8-24)34-31(37)25-5-9-26(32)10-6-25/h5-14,21,23H,3-4,15-20H2,1-2H3,(H,33,36)(H,34,37). The summed E-state index contributed by atoms with van der Waals surface area (Å²) in [5, 5.41) is 6.42. The van der Waals surface area contributed by atoms with Crippen molar-refractivity contribution in [3.05, 3.63) is 94.0 Å². The van der Waals surface area contributed by atoms with Crippen molar-refractivity contribution in [1.29, 1.82) is 0 Å². The molecule has 7 heteroatoms. The first-order valence-electron chi connectivity index (χ1n) is 13.2. The number of nitrogens with one attached hydrogen (secondary N) is 2. The number of anilines is 1. The maximum Gasteiger partial charge on any atom is 0.255 e. The van der Waals surface area contributed by atoms with E-state index in [1.807, 2.05) is 0 Å². The third kappa shape index (κ3) is 7.59. The van der Waals surface area contributed by atoms with E-state index >= 15 is 0 Å². The van der Waals surface area contributed by atoms with Gasteiger partial charge in [-0.1, -0.05) is 17.7 Å². The Morgan fingerprint density at radius 3 is 2.24 bits per heavy atom. The van der Waals surface area contributed by atoms with Crippen molar-refractivity contribution in [3.8, 4) is 5.75 Å². The molecule has 200 valence electrons. The SMILES string of the molecule is COc1ccc(C2CCN(CCCCNC(=O)c3ccc(NC(=O)c4ccc(Cl)cc4)cc3)CC2)c(C)c1. The molecule has 0 aromatic heterocycles. The summed E-state index contributed by atoms with van der Waals surface area (Å²) in [4.78, 5) is 27.4. The normalized spacial score (nSPS) is 14.2. The molecule has 6 nitrogen and oxygen atoms in total. The molecule has 0 atom stereocenters. The Morgan fingerprint density at radius 2 is 1.58 bits per heavy atom. The number of hydrogen-bond acceptors (Lipinski definition) is 4. The van der Waals surface area contributed by atoms with Gasteiger partial charge in [0.25, 0.3) is 11.8 Å². The first-order valence-corrected chi connectivity index (χ1v) is 13.6. The molecule has 0 bridgehead atoms. The number of unbranched alkanes of at least 4 members (excludes halogenated alkanes) is 1. The van der Waals surface area contributed by atoms with Crippen LogP contribution in [-0.4, -0.2) is 50.0 Å². The highest BCUT2D eigenvalue weighted by molar-refractivity contribution is 6.30. The molecule has 0 unspecified atom stereocenters. The van der Waals surface area contributed by atoms with Crippen LogP contribution < -0.4 is 15.4 Å². The van der Waals surface area contributed by atoms with Gasteiger partial charge in [-0.2, -0.15) is 0 Å². The van der Waals surface area contributed by atoms with Gasteiger partial charge in [-0.15, -0.1) is 0 Å². The summed E-state index contributed by atoms with van der Waals surface area (Å²) in [6.45, 7) is 6.11. The molecule has 0 radical (unpaired) electrons. The van der Waals surface area contributed by atoms with Crippen molar-refractivity contribution in [1.82, 2.24) is 10.2 Å². The number of aryl methyl sites for hydroxylation is 1. The number of methoxy groups -OCH3 is 1. The lowest BCUT2D eigenvalue weighted by atomic mass is 9.86. The zero-order chi connectivity index (χ0) is 26.9. The fourth-order valence-electron chi connectivity index (χ4n) is 4.97. The molecule has 3 aromatic rings. The molecule has 38 heavy (non-hydrogen) atoms. The van der Waals surface area contributed by atoms with Crippen LogP contribution in [0.25, 0.3) is 0 Å². The summed E-state index contributed by atoms with van der Waals surface area (Å²) in [5.41, 5.74) is 4.49. The van der Waals surface area contributed by atoms with Crippen molar-refractivity contribution >= 4 is 29.1 Å². The van der Waals surface area contributed by atoms with Gasteiger partial charge < -0.3 is 20.3 Å². The van der Waals surface area contributed by atoms with Crippen LogP contribution in [0.15, 0.2) is 66.7 Å². The highest BCUT2D eigenvalue weighted by Gasteiger charge is 2.21. The fraction of sp³-hybridized carbons (Fsp3) is 0.355. The minimum atomic E-state index is -0.223. The lowest BCUT2D eigenvalue weighted by Crippen LogP contribution is -2.34. The number of rotatable bonds is 10. The molecule has 1 fully saturated rings. The van der Waals surface area contributed by atoms with Gasteiger partial charge in [0.2, 0.25) is 0 Å². The fourth-order valence-corrected chi connectivity index (χ4v) is 5.10. The predicted molar refractivity (Wildman–Crippen MR) is 154 cm³/mol. The Balaban J connectivity index is 1.12. The Bertz CT molecular complexity index is 1220. The van der Waals surface area contributed by atoms with Crippen LogP contribution in [-0.2, 0) is 0 Å². The molecule has 0 spiro atoms. The molecule has 1 aliphatic rings. The number of nitrogens with zero attached hydrogens (tertiary/aromatic N) is 1. The number of amides is 2. The zero-order valence-corrected chi connectivity index (χ0v) is 22.9. The minimum Gasteiger partial charge on any atom is -0.497 e. The smallest absolute Gasteiger partial charge is 0.255 e. The van der Waals surface area contributed by atoms with Crippen molar-refractivity contribution in [2.75, 3.05) is 38.6 Å². The Kier molecular flexibility index (Phi) is 9.79. The number of benzene rings is 3. The first-order chi connectivity index (χ1) is 18.4. The summed E-state index contributed by atoms with van der Waals surface area (Å²) in [5.74, 6) is 1.22. The number of carbonyl (C=O) groups excluding carboxylic acids is 2. The van der Waals surface area contributed by atoms with Crippen molar-refractivity contribution in [3.63, 3.8) is 0 Å². The third-order valence-corrected chi connectivity index (χ3v) is 7.45. The summed E-state index contributed by atoms with van der Waals surface area (Å²) >= 11 is 5.87. The second kappa shape index (κ2) is 13.4. The van der Waals surface area contributed by atoms with Crippen molar-refractivity contribution in [2.45, 2.75) is 38.5 Å². The maximum absolute atomic E-state index is 12.5. The molecule has 1 aliphatic heterocycles. The van der Waals surface area contributed by atoms with E-state index in [4.69, 9.17) is 16.3 Å². The number of likely N-dealkylation sites (tertiary alicyclic amines) is 1. The molecule has 1 saturated heterocycles. The van der Waals surface area contributed by atoms with E-state index in [-0.39, 0.29) is 11.8 Å². The number of carbonyl (C=O) groups is 2. The van der Waals surface area contributed by atoms with E-state index in [0.29, 0.717) is 34.3 Å². The van der Waals surface area contributed by atoms with Gasteiger partial charge in [0.15, 0.2) is 0 Å². The molecule has 0 saturated carbocycles. The number of piperidine rings is 1. The molecule has 3 aromatic carbocycles. The zero-order valence-electron chi connectivity index (χ0n) is 22.1. The van der Waals surface area contributed by atoms with Gasteiger partial charge in [0.1, 0.15) is 5.75 Å². The third-order valence-electron chi connectivity index (χ3n) is 7.20. The van der Waals surface area contributed by atoms with Gasteiger partial charge >= 0.3 is 0 Å². The lowest BCUT2D eigenvalue weighted by Gasteiger charge is -2.33. The average Bonchev–Trinajstić information content (AvgIpc) is 2.94. The average molecular weight is 534 g/mol. The number of hydrogen-bond donors (Lipinski definition) is 2. The Labute approximate surface area is 230 Å². The first kappa shape index (κ1) is 27.7. The van der Waals surface area contributed by atoms with Gasteiger partial charge in [-0.05, 0) is 130 Å². The molecular weight excluding hydrogens is 498 g/mol. The quantitative estimate of drug-likeness (QED) is 0.300. The van der Waals surface area contributed by atoms with Gasteiger partial charge in [-0.3, -0.25) is 9.59 Å². The molecule has 2 amide bonds. The highest BCUT2D eigenvalue weighted by atomic mass is 35.5. The van der Waals surface area contributed by atoms with Crippen LogP contribution >= 0.6 is 11.6 Å². The molecule has 0 aliphatic carbocycles. The van der Waals surface area contributed by atoms with E-state index in [9.17, 15) is 9.59 Å². The van der Waals surface area contributed by atoms with Crippen LogP contribution in [0.2, 0.25) is 5.02 Å². The highest BCUT2D eigenvalue weighted by Crippen LogP contribution is 2.32. The Hall–Kier alpha value is -3.35. The summed E-state index contributed by atoms with van der Waals surface area (Å²) in [6, 6.07) is 20.0. The van der Waals surface area contributed by atoms with E-state index in [1.165, 1.54) is 24.0 Å². The van der Waals surface area contributed by atoms with Crippen LogP contribution in [0.5, 0.6) is 5.75 Å². The maximum atomic E-state index is 12.5.